The van der Waals surface area contributed by atoms with E-state index in [1.807, 2.05) is 11.8 Å². The van der Waals surface area contributed by atoms with Gasteiger partial charge >= 0.3 is 0 Å². The molecule has 1 aliphatic heterocycles. The molecule has 0 saturated carbocycles. The lowest BCUT2D eigenvalue weighted by molar-refractivity contribution is -0.139. The third kappa shape index (κ3) is 4.73. The van der Waals surface area contributed by atoms with E-state index in [-0.39, 0.29) is 30.5 Å². The maximum Gasteiger partial charge on any atom is 0.260 e. The van der Waals surface area contributed by atoms with Crippen molar-refractivity contribution in [1.82, 2.24) is 10.2 Å². The van der Waals surface area contributed by atoms with Crippen LogP contribution in [0.15, 0.2) is 24.3 Å². The third-order valence-electron chi connectivity index (χ3n) is 4.50. The number of hydrogen-bond donors (Lipinski definition) is 1. The SMILES string of the molecule is CCCNC(=O)c1ccc(OCC(=O)N2C(C)CCCC2C)cc1. The predicted molar refractivity (Wildman–Crippen MR) is 94.2 cm³/mol. The Hall–Kier alpha value is -2.04. The van der Waals surface area contributed by atoms with Crippen LogP contribution in [0, 0.1) is 0 Å². The van der Waals surface area contributed by atoms with Crippen molar-refractivity contribution in [1.29, 1.82) is 0 Å². The fourth-order valence-corrected chi connectivity index (χ4v) is 3.18. The normalized spacial score (nSPS) is 20.5. The Bertz CT molecular complexity index is 546. The minimum atomic E-state index is -0.0876. The first-order valence-electron chi connectivity index (χ1n) is 8.85. The lowest BCUT2D eigenvalue weighted by Gasteiger charge is -2.38. The minimum Gasteiger partial charge on any atom is -0.484 e. The van der Waals surface area contributed by atoms with Gasteiger partial charge in [0, 0.05) is 24.2 Å². The zero-order valence-electron chi connectivity index (χ0n) is 14.9. The molecule has 2 atom stereocenters. The first-order chi connectivity index (χ1) is 11.5. The Morgan fingerprint density at radius 1 is 1.17 bits per heavy atom. The Kier molecular flexibility index (Phi) is 6.64. The van der Waals surface area contributed by atoms with Crippen LogP contribution in [-0.4, -0.2) is 41.9 Å². The summed E-state index contributed by atoms with van der Waals surface area (Å²) in [7, 11) is 0. The molecule has 24 heavy (non-hydrogen) atoms. The van der Waals surface area contributed by atoms with Crippen LogP contribution in [0.25, 0.3) is 0 Å². The molecule has 2 amide bonds. The largest absolute Gasteiger partial charge is 0.484 e. The predicted octanol–water partition coefficient (Wildman–Crippen LogP) is 2.99. The molecule has 0 bridgehead atoms. The maximum atomic E-state index is 12.4. The topological polar surface area (TPSA) is 58.6 Å². The first kappa shape index (κ1) is 18.3. The van der Waals surface area contributed by atoms with Crippen LogP contribution in [-0.2, 0) is 4.79 Å². The second-order valence-corrected chi connectivity index (χ2v) is 6.50. The highest BCUT2D eigenvalue weighted by Crippen LogP contribution is 2.22. The molecule has 2 unspecified atom stereocenters. The molecule has 1 fully saturated rings. The van der Waals surface area contributed by atoms with E-state index in [9.17, 15) is 9.59 Å². The van der Waals surface area contributed by atoms with E-state index in [1.54, 1.807) is 24.3 Å². The summed E-state index contributed by atoms with van der Waals surface area (Å²) in [5, 5.41) is 2.83. The summed E-state index contributed by atoms with van der Waals surface area (Å²) >= 11 is 0. The van der Waals surface area contributed by atoms with Gasteiger partial charge in [0.1, 0.15) is 5.75 Å². The van der Waals surface area contributed by atoms with Gasteiger partial charge in [-0.1, -0.05) is 6.92 Å². The number of piperidine rings is 1. The van der Waals surface area contributed by atoms with E-state index in [0.29, 0.717) is 17.9 Å². The number of nitrogens with one attached hydrogen (secondary N) is 1. The number of benzene rings is 1. The Labute approximate surface area is 144 Å². The highest BCUT2D eigenvalue weighted by Gasteiger charge is 2.28. The first-order valence-corrected chi connectivity index (χ1v) is 8.85. The number of nitrogens with zero attached hydrogens (tertiary/aromatic N) is 1. The molecule has 2 rings (SSSR count). The van der Waals surface area contributed by atoms with Crippen LogP contribution in [0.5, 0.6) is 5.75 Å². The molecule has 1 aromatic carbocycles. The molecule has 1 aromatic rings. The maximum absolute atomic E-state index is 12.4. The average molecular weight is 332 g/mol. The zero-order valence-corrected chi connectivity index (χ0v) is 14.9. The van der Waals surface area contributed by atoms with E-state index in [1.165, 1.54) is 6.42 Å². The average Bonchev–Trinajstić information content (AvgIpc) is 2.58. The van der Waals surface area contributed by atoms with E-state index in [0.717, 1.165) is 19.3 Å². The Morgan fingerprint density at radius 2 is 1.79 bits per heavy atom. The van der Waals surface area contributed by atoms with Crippen molar-refractivity contribution in [2.24, 2.45) is 0 Å². The molecule has 1 heterocycles. The molecule has 1 saturated heterocycles. The van der Waals surface area contributed by atoms with Crippen LogP contribution in [0.1, 0.15) is 56.8 Å². The molecular weight excluding hydrogens is 304 g/mol. The quantitative estimate of drug-likeness (QED) is 0.871. The van der Waals surface area contributed by atoms with Crippen LogP contribution in [0.2, 0.25) is 0 Å². The zero-order chi connectivity index (χ0) is 17.5. The van der Waals surface area contributed by atoms with Crippen molar-refractivity contribution in [2.45, 2.75) is 58.5 Å². The van der Waals surface area contributed by atoms with Crippen molar-refractivity contribution < 1.29 is 14.3 Å². The van der Waals surface area contributed by atoms with E-state index >= 15 is 0 Å². The summed E-state index contributed by atoms with van der Waals surface area (Å²) in [4.78, 5) is 26.2. The molecule has 5 heteroatoms. The van der Waals surface area contributed by atoms with Gasteiger partial charge in [0.2, 0.25) is 0 Å². The van der Waals surface area contributed by atoms with Crippen molar-refractivity contribution in [3.05, 3.63) is 29.8 Å². The van der Waals surface area contributed by atoms with Crippen LogP contribution in [0.4, 0.5) is 0 Å². The number of ether oxygens (including phenoxy) is 1. The molecule has 0 spiro atoms. The lowest BCUT2D eigenvalue weighted by atomic mass is 9.97. The van der Waals surface area contributed by atoms with Gasteiger partial charge in [-0.15, -0.1) is 0 Å². The van der Waals surface area contributed by atoms with Gasteiger partial charge in [-0.25, -0.2) is 0 Å². The number of amides is 2. The van der Waals surface area contributed by atoms with Gasteiger partial charge in [0.05, 0.1) is 0 Å². The molecule has 5 nitrogen and oxygen atoms in total. The fourth-order valence-electron chi connectivity index (χ4n) is 3.18. The standard InChI is InChI=1S/C19H28N2O3/c1-4-12-20-19(23)16-8-10-17(11-9-16)24-13-18(22)21-14(2)6-5-7-15(21)3/h8-11,14-15H,4-7,12-13H2,1-3H3,(H,20,23). The highest BCUT2D eigenvalue weighted by molar-refractivity contribution is 5.94. The minimum absolute atomic E-state index is 0.0273. The molecule has 1 N–H and O–H groups in total. The Balaban J connectivity index is 1.87. The summed E-state index contributed by atoms with van der Waals surface area (Å²) in [6.07, 6.45) is 4.19. The van der Waals surface area contributed by atoms with Crippen molar-refractivity contribution in [2.75, 3.05) is 13.2 Å². The fraction of sp³-hybridized carbons (Fsp3) is 0.579. The number of hydrogen-bond acceptors (Lipinski definition) is 3. The monoisotopic (exact) mass is 332 g/mol. The smallest absolute Gasteiger partial charge is 0.260 e. The summed E-state index contributed by atoms with van der Waals surface area (Å²) in [6, 6.07) is 7.45. The molecular formula is C19H28N2O3. The van der Waals surface area contributed by atoms with Crippen LogP contribution >= 0.6 is 0 Å². The van der Waals surface area contributed by atoms with Gasteiger partial charge in [-0.3, -0.25) is 9.59 Å². The van der Waals surface area contributed by atoms with Crippen molar-refractivity contribution in [3.8, 4) is 5.75 Å². The number of rotatable bonds is 6. The molecule has 132 valence electrons. The van der Waals surface area contributed by atoms with E-state index < -0.39 is 0 Å². The van der Waals surface area contributed by atoms with Gasteiger partial charge in [0.15, 0.2) is 6.61 Å². The molecule has 0 aliphatic carbocycles. The summed E-state index contributed by atoms with van der Waals surface area (Å²) in [6.45, 7) is 6.90. The molecule has 0 radical (unpaired) electrons. The van der Waals surface area contributed by atoms with E-state index in [2.05, 4.69) is 19.2 Å². The second-order valence-electron chi connectivity index (χ2n) is 6.50. The van der Waals surface area contributed by atoms with Gasteiger partial charge in [0.25, 0.3) is 11.8 Å². The van der Waals surface area contributed by atoms with Crippen molar-refractivity contribution >= 4 is 11.8 Å². The summed E-state index contributed by atoms with van der Waals surface area (Å²) in [5.41, 5.74) is 0.598. The Morgan fingerprint density at radius 3 is 2.38 bits per heavy atom. The second kappa shape index (κ2) is 8.71. The third-order valence-corrected chi connectivity index (χ3v) is 4.50. The van der Waals surface area contributed by atoms with Gasteiger partial charge in [-0.05, 0) is 63.8 Å². The summed E-state index contributed by atoms with van der Waals surface area (Å²) < 4.78 is 5.61. The van der Waals surface area contributed by atoms with Gasteiger partial charge < -0.3 is 15.0 Å². The number of carbonyl (C=O) groups excluding carboxylic acids is 2. The van der Waals surface area contributed by atoms with Gasteiger partial charge in [-0.2, -0.15) is 0 Å². The molecule has 1 aliphatic rings. The summed E-state index contributed by atoms with van der Waals surface area (Å²) in [5.74, 6) is 0.544. The van der Waals surface area contributed by atoms with Crippen LogP contribution < -0.4 is 10.1 Å². The van der Waals surface area contributed by atoms with Crippen molar-refractivity contribution in [3.63, 3.8) is 0 Å². The van der Waals surface area contributed by atoms with Crippen LogP contribution in [0.3, 0.4) is 0 Å². The lowest BCUT2D eigenvalue weighted by Crippen LogP contribution is -2.49. The highest BCUT2D eigenvalue weighted by atomic mass is 16.5. The molecule has 0 aromatic heterocycles. The number of likely N-dealkylation sites (tertiary alicyclic amines) is 1. The number of carbonyl (C=O) groups is 2. The van der Waals surface area contributed by atoms with E-state index in [4.69, 9.17) is 4.74 Å².